The van der Waals surface area contributed by atoms with E-state index in [0.29, 0.717) is 21.7 Å². The zero-order valence-corrected chi connectivity index (χ0v) is 18.7. The SMILES string of the molecule is [C-]#[N+]c1ccc(C2=CS(=O)(=O)c3cc4c(Nc5ccc6scnc6c5)cccc4cc32)cc1. The van der Waals surface area contributed by atoms with Crippen LogP contribution in [-0.4, -0.2) is 13.4 Å². The molecule has 0 bridgehead atoms. The van der Waals surface area contributed by atoms with Crippen molar-refractivity contribution in [3.63, 3.8) is 0 Å². The van der Waals surface area contributed by atoms with E-state index < -0.39 is 9.84 Å². The van der Waals surface area contributed by atoms with Gasteiger partial charge in [0.1, 0.15) is 0 Å². The Morgan fingerprint density at radius 3 is 2.64 bits per heavy atom. The van der Waals surface area contributed by atoms with Gasteiger partial charge < -0.3 is 5.32 Å². The molecule has 1 aromatic heterocycles. The fraction of sp³-hybridized carbons (Fsp3) is 0. The second kappa shape index (κ2) is 7.27. The highest BCUT2D eigenvalue weighted by molar-refractivity contribution is 7.95. The maximum absolute atomic E-state index is 13.0. The Labute approximate surface area is 194 Å². The summed E-state index contributed by atoms with van der Waals surface area (Å²) in [6, 6.07) is 22.6. The minimum Gasteiger partial charge on any atom is -0.355 e. The van der Waals surface area contributed by atoms with Gasteiger partial charge in [-0.2, -0.15) is 0 Å². The summed E-state index contributed by atoms with van der Waals surface area (Å²) in [5.74, 6) is 0. The molecule has 0 unspecified atom stereocenters. The van der Waals surface area contributed by atoms with E-state index in [1.165, 1.54) is 5.41 Å². The number of aromatic nitrogens is 1. The first-order chi connectivity index (χ1) is 16.0. The molecule has 7 heteroatoms. The first-order valence-electron chi connectivity index (χ1n) is 10.1. The molecule has 0 amide bonds. The molecule has 0 saturated carbocycles. The van der Waals surface area contributed by atoms with Crippen LogP contribution < -0.4 is 5.32 Å². The zero-order chi connectivity index (χ0) is 22.6. The Morgan fingerprint density at radius 1 is 0.970 bits per heavy atom. The van der Waals surface area contributed by atoms with Crippen molar-refractivity contribution in [2.45, 2.75) is 4.90 Å². The monoisotopic (exact) mass is 465 g/mol. The molecule has 0 atom stereocenters. The van der Waals surface area contributed by atoms with Crippen molar-refractivity contribution in [1.82, 2.24) is 4.98 Å². The Hall–Kier alpha value is -3.99. The summed E-state index contributed by atoms with van der Waals surface area (Å²) in [4.78, 5) is 8.08. The third kappa shape index (κ3) is 3.28. The van der Waals surface area contributed by atoms with E-state index in [1.807, 2.05) is 48.0 Å². The van der Waals surface area contributed by atoms with Crippen LogP contribution in [0.15, 0.2) is 88.6 Å². The van der Waals surface area contributed by atoms with Gasteiger partial charge >= 0.3 is 0 Å². The summed E-state index contributed by atoms with van der Waals surface area (Å²) in [5.41, 5.74) is 7.08. The molecule has 6 rings (SSSR count). The number of sulfone groups is 1. The van der Waals surface area contributed by atoms with E-state index in [9.17, 15) is 8.42 Å². The van der Waals surface area contributed by atoms with Crippen LogP contribution in [0.5, 0.6) is 0 Å². The van der Waals surface area contributed by atoms with Crippen molar-refractivity contribution in [3.05, 3.63) is 106 Å². The number of anilines is 2. The Kier molecular flexibility index (Phi) is 4.34. The number of fused-ring (bicyclic) bond motifs is 3. The summed E-state index contributed by atoms with van der Waals surface area (Å²) < 4.78 is 27.2. The molecule has 158 valence electrons. The van der Waals surface area contributed by atoms with Gasteiger partial charge in [-0.1, -0.05) is 36.4 Å². The molecule has 1 N–H and O–H groups in total. The minimum atomic E-state index is -3.58. The van der Waals surface area contributed by atoms with Crippen LogP contribution in [0.4, 0.5) is 17.1 Å². The van der Waals surface area contributed by atoms with Crippen LogP contribution in [0, 0.1) is 6.57 Å². The number of benzene rings is 4. The number of rotatable bonds is 3. The van der Waals surface area contributed by atoms with E-state index in [0.717, 1.165) is 37.9 Å². The maximum Gasteiger partial charge on any atom is 0.201 e. The van der Waals surface area contributed by atoms with Gasteiger partial charge in [-0.3, -0.25) is 0 Å². The number of nitrogens with zero attached hydrogens (tertiary/aromatic N) is 2. The van der Waals surface area contributed by atoms with Gasteiger partial charge in [0.2, 0.25) is 9.84 Å². The number of hydrogen-bond donors (Lipinski definition) is 1. The number of nitrogens with one attached hydrogen (secondary N) is 1. The molecule has 2 heterocycles. The average Bonchev–Trinajstić information content (AvgIpc) is 3.40. The van der Waals surface area contributed by atoms with Crippen LogP contribution in [-0.2, 0) is 9.84 Å². The predicted molar refractivity (Wildman–Crippen MR) is 134 cm³/mol. The van der Waals surface area contributed by atoms with Crippen molar-refractivity contribution in [2.24, 2.45) is 0 Å². The maximum atomic E-state index is 13.0. The van der Waals surface area contributed by atoms with Crippen LogP contribution in [0.1, 0.15) is 11.1 Å². The van der Waals surface area contributed by atoms with Gasteiger partial charge in [0.25, 0.3) is 0 Å². The van der Waals surface area contributed by atoms with E-state index in [1.54, 1.807) is 41.7 Å². The van der Waals surface area contributed by atoms with Gasteiger partial charge in [-0.15, -0.1) is 11.3 Å². The molecule has 0 saturated heterocycles. The summed E-state index contributed by atoms with van der Waals surface area (Å²) in [7, 11) is -3.58. The Bertz CT molecular complexity index is 1760. The lowest BCUT2D eigenvalue weighted by molar-refractivity contribution is 0.605. The van der Waals surface area contributed by atoms with Crippen LogP contribution in [0.2, 0.25) is 0 Å². The zero-order valence-electron chi connectivity index (χ0n) is 17.1. The molecular weight excluding hydrogens is 450 g/mol. The van der Waals surface area contributed by atoms with E-state index in [4.69, 9.17) is 6.57 Å². The molecule has 0 aliphatic carbocycles. The fourth-order valence-corrected chi connectivity index (χ4v) is 6.29. The third-order valence-corrected chi connectivity index (χ3v) is 8.07. The van der Waals surface area contributed by atoms with Crippen LogP contribution in [0.3, 0.4) is 0 Å². The van der Waals surface area contributed by atoms with Crippen molar-refractivity contribution in [3.8, 4) is 0 Å². The molecule has 0 spiro atoms. The standard InChI is InChI=1S/C26H15N3O2S2/c1-27-18-7-5-16(6-8-18)22-14-33(30,31)26-13-20-17(11-21(22)26)3-2-4-23(20)29-19-9-10-25-24(12-19)28-15-32-25/h2-15,29H. The average molecular weight is 466 g/mol. The lowest BCUT2D eigenvalue weighted by Crippen LogP contribution is -1.96. The van der Waals surface area contributed by atoms with Crippen molar-refractivity contribution in [2.75, 3.05) is 5.32 Å². The largest absolute Gasteiger partial charge is 0.355 e. The first kappa shape index (κ1) is 19.7. The smallest absolute Gasteiger partial charge is 0.201 e. The molecule has 5 nitrogen and oxygen atoms in total. The van der Waals surface area contributed by atoms with Crippen molar-refractivity contribution in [1.29, 1.82) is 0 Å². The normalized spacial score (nSPS) is 14.1. The van der Waals surface area contributed by atoms with E-state index in [-0.39, 0.29) is 0 Å². The molecule has 4 aromatic carbocycles. The van der Waals surface area contributed by atoms with Gasteiger partial charge in [0.05, 0.1) is 27.2 Å². The fourth-order valence-electron chi connectivity index (χ4n) is 4.17. The van der Waals surface area contributed by atoms with Crippen molar-refractivity contribution >= 4 is 64.8 Å². The number of hydrogen-bond acceptors (Lipinski definition) is 5. The highest BCUT2D eigenvalue weighted by Crippen LogP contribution is 2.41. The summed E-state index contributed by atoms with van der Waals surface area (Å²) >= 11 is 1.59. The molecule has 5 aromatic rings. The molecule has 1 aliphatic heterocycles. The first-order valence-corrected chi connectivity index (χ1v) is 12.6. The van der Waals surface area contributed by atoms with Gasteiger partial charge in [-0.25, -0.2) is 18.2 Å². The molecule has 0 radical (unpaired) electrons. The van der Waals surface area contributed by atoms with E-state index >= 15 is 0 Å². The van der Waals surface area contributed by atoms with Gasteiger partial charge in [0.15, 0.2) is 5.69 Å². The number of thiazole rings is 1. The lowest BCUT2D eigenvalue weighted by Gasteiger charge is -2.13. The highest BCUT2D eigenvalue weighted by Gasteiger charge is 2.28. The molecule has 0 fully saturated rings. The summed E-state index contributed by atoms with van der Waals surface area (Å²) in [6.07, 6.45) is 0. The second-order valence-corrected chi connectivity index (χ2v) is 10.4. The van der Waals surface area contributed by atoms with Crippen molar-refractivity contribution < 1.29 is 8.42 Å². The Balaban J connectivity index is 1.47. The van der Waals surface area contributed by atoms with Crippen LogP contribution in [0.25, 0.3) is 31.4 Å². The summed E-state index contributed by atoms with van der Waals surface area (Å²) in [5, 5.41) is 6.52. The minimum absolute atomic E-state index is 0.295. The third-order valence-electron chi connectivity index (χ3n) is 5.77. The molecule has 1 aliphatic rings. The lowest BCUT2D eigenvalue weighted by atomic mass is 9.96. The van der Waals surface area contributed by atoms with Crippen LogP contribution >= 0.6 is 11.3 Å². The Morgan fingerprint density at radius 2 is 1.82 bits per heavy atom. The highest BCUT2D eigenvalue weighted by atomic mass is 32.2. The van der Waals surface area contributed by atoms with Gasteiger partial charge in [-0.05, 0) is 47.3 Å². The topological polar surface area (TPSA) is 63.4 Å². The summed E-state index contributed by atoms with van der Waals surface area (Å²) in [6.45, 7) is 7.13. The molecule has 33 heavy (non-hydrogen) atoms. The van der Waals surface area contributed by atoms with E-state index in [2.05, 4.69) is 15.1 Å². The predicted octanol–water partition coefficient (Wildman–Crippen LogP) is 6.92. The quantitative estimate of drug-likeness (QED) is 0.294. The second-order valence-electron chi connectivity index (χ2n) is 7.77. The van der Waals surface area contributed by atoms with Gasteiger partial charge in [0, 0.05) is 33.3 Å². The molecular formula is C26H15N3O2S2.